The highest BCUT2D eigenvalue weighted by Crippen LogP contribution is 2.24. The number of para-hydroxylation sites is 2. The van der Waals surface area contributed by atoms with Crippen molar-refractivity contribution in [2.24, 2.45) is 0 Å². The quantitative estimate of drug-likeness (QED) is 0.817. The van der Waals surface area contributed by atoms with E-state index in [9.17, 15) is 0 Å². The molecule has 1 aliphatic rings. The number of thiocarbonyl (C=S) groups is 1. The minimum Gasteiger partial charge on any atom is -0.492 e. The van der Waals surface area contributed by atoms with Gasteiger partial charge < -0.3 is 15.4 Å². The van der Waals surface area contributed by atoms with Gasteiger partial charge in [0.15, 0.2) is 5.11 Å². The highest BCUT2D eigenvalue weighted by molar-refractivity contribution is 7.80. The molecule has 2 N–H and O–H groups in total. The zero-order valence-electron chi connectivity index (χ0n) is 10.7. The lowest BCUT2D eigenvalue weighted by Crippen LogP contribution is -2.36. The molecule has 1 aliphatic carbocycles. The van der Waals surface area contributed by atoms with Gasteiger partial charge in [0.1, 0.15) is 5.75 Å². The van der Waals surface area contributed by atoms with Crippen LogP contribution in [0.5, 0.6) is 5.75 Å². The van der Waals surface area contributed by atoms with Crippen molar-refractivity contribution in [1.82, 2.24) is 5.32 Å². The Labute approximate surface area is 114 Å². The summed E-state index contributed by atoms with van der Waals surface area (Å²) < 4.78 is 5.56. The first-order chi connectivity index (χ1) is 8.79. The number of nitrogens with one attached hydrogen (secondary N) is 2. The molecule has 18 heavy (non-hydrogen) atoms. The van der Waals surface area contributed by atoms with Crippen molar-refractivity contribution >= 4 is 23.0 Å². The van der Waals surface area contributed by atoms with E-state index in [4.69, 9.17) is 17.0 Å². The van der Waals surface area contributed by atoms with Crippen molar-refractivity contribution in [3.63, 3.8) is 0 Å². The fourth-order valence-corrected chi connectivity index (χ4v) is 2.54. The fourth-order valence-electron chi connectivity index (χ4n) is 2.27. The fraction of sp³-hybridized carbons (Fsp3) is 0.500. The normalized spacial score (nSPS) is 15.4. The Hall–Kier alpha value is -1.29. The highest BCUT2D eigenvalue weighted by atomic mass is 32.1. The van der Waals surface area contributed by atoms with E-state index in [1.54, 1.807) is 0 Å². The van der Waals surface area contributed by atoms with Gasteiger partial charge in [0, 0.05) is 6.04 Å². The second-order valence-electron chi connectivity index (χ2n) is 4.51. The molecular formula is C14H20N2OS. The summed E-state index contributed by atoms with van der Waals surface area (Å²) in [6.45, 7) is 2.63. The molecule has 1 aromatic carbocycles. The van der Waals surface area contributed by atoms with Gasteiger partial charge >= 0.3 is 0 Å². The van der Waals surface area contributed by atoms with E-state index < -0.39 is 0 Å². The van der Waals surface area contributed by atoms with Crippen LogP contribution in [0.1, 0.15) is 32.6 Å². The van der Waals surface area contributed by atoms with E-state index >= 15 is 0 Å². The molecule has 0 unspecified atom stereocenters. The second kappa shape index (κ2) is 6.59. The van der Waals surface area contributed by atoms with Crippen LogP contribution >= 0.6 is 12.2 Å². The average Bonchev–Trinajstić information content (AvgIpc) is 2.84. The predicted molar refractivity (Wildman–Crippen MR) is 79.2 cm³/mol. The summed E-state index contributed by atoms with van der Waals surface area (Å²) in [5.41, 5.74) is 0.926. The average molecular weight is 264 g/mol. The molecule has 2 rings (SSSR count). The largest absolute Gasteiger partial charge is 0.492 e. The Morgan fingerprint density at radius 3 is 2.78 bits per heavy atom. The topological polar surface area (TPSA) is 33.3 Å². The van der Waals surface area contributed by atoms with E-state index in [1.165, 1.54) is 25.7 Å². The van der Waals surface area contributed by atoms with Gasteiger partial charge in [-0.05, 0) is 44.1 Å². The van der Waals surface area contributed by atoms with Crippen molar-refractivity contribution in [3.8, 4) is 5.75 Å². The summed E-state index contributed by atoms with van der Waals surface area (Å²) in [6, 6.07) is 8.40. The van der Waals surface area contributed by atoms with Crippen molar-refractivity contribution in [3.05, 3.63) is 24.3 Å². The molecule has 0 bridgehead atoms. The molecular weight excluding hydrogens is 244 g/mol. The van der Waals surface area contributed by atoms with Crippen molar-refractivity contribution in [2.45, 2.75) is 38.6 Å². The van der Waals surface area contributed by atoms with Crippen LogP contribution in [0, 0.1) is 0 Å². The van der Waals surface area contributed by atoms with E-state index in [2.05, 4.69) is 10.6 Å². The number of hydrogen-bond donors (Lipinski definition) is 2. The Morgan fingerprint density at radius 1 is 1.33 bits per heavy atom. The van der Waals surface area contributed by atoms with Gasteiger partial charge in [-0.3, -0.25) is 0 Å². The molecule has 1 fully saturated rings. The summed E-state index contributed by atoms with van der Waals surface area (Å²) in [5.74, 6) is 0.843. The maximum Gasteiger partial charge on any atom is 0.171 e. The SMILES string of the molecule is CCOc1ccccc1NC(=S)NC1CCCC1. The van der Waals surface area contributed by atoms with E-state index in [0.29, 0.717) is 17.8 Å². The van der Waals surface area contributed by atoms with Gasteiger partial charge in [-0.25, -0.2) is 0 Å². The van der Waals surface area contributed by atoms with Gasteiger partial charge in [-0.2, -0.15) is 0 Å². The number of rotatable bonds is 4. The molecule has 0 heterocycles. The molecule has 1 aromatic rings. The van der Waals surface area contributed by atoms with Crippen LogP contribution in [0.15, 0.2) is 24.3 Å². The van der Waals surface area contributed by atoms with Crippen LogP contribution < -0.4 is 15.4 Å². The van der Waals surface area contributed by atoms with E-state index in [1.807, 2.05) is 31.2 Å². The zero-order valence-corrected chi connectivity index (χ0v) is 11.6. The van der Waals surface area contributed by atoms with Crippen molar-refractivity contribution in [1.29, 1.82) is 0 Å². The Bertz CT molecular complexity index is 403. The summed E-state index contributed by atoms with van der Waals surface area (Å²) in [5, 5.41) is 7.27. The van der Waals surface area contributed by atoms with Crippen LogP contribution in [0.25, 0.3) is 0 Å². The standard InChI is InChI=1S/C14H20N2OS/c1-2-17-13-10-6-5-9-12(13)16-14(18)15-11-7-3-4-8-11/h5-6,9-11H,2-4,7-8H2,1H3,(H2,15,16,18). The van der Waals surface area contributed by atoms with Crippen LogP contribution in [-0.4, -0.2) is 17.8 Å². The van der Waals surface area contributed by atoms with Crippen molar-refractivity contribution < 1.29 is 4.74 Å². The number of benzene rings is 1. The van der Waals surface area contributed by atoms with E-state index in [-0.39, 0.29) is 0 Å². The summed E-state index contributed by atoms with van der Waals surface area (Å²) in [7, 11) is 0. The maximum absolute atomic E-state index is 5.56. The molecule has 98 valence electrons. The van der Waals surface area contributed by atoms with Crippen LogP contribution in [0.2, 0.25) is 0 Å². The Morgan fingerprint density at radius 2 is 2.06 bits per heavy atom. The molecule has 0 atom stereocenters. The van der Waals surface area contributed by atoms with Gasteiger partial charge in [0.05, 0.1) is 12.3 Å². The first-order valence-electron chi connectivity index (χ1n) is 6.59. The molecule has 0 saturated heterocycles. The highest BCUT2D eigenvalue weighted by Gasteiger charge is 2.15. The predicted octanol–water partition coefficient (Wildman–Crippen LogP) is 3.31. The smallest absolute Gasteiger partial charge is 0.171 e. The number of hydrogen-bond acceptors (Lipinski definition) is 2. The van der Waals surface area contributed by atoms with Crippen LogP contribution in [0.3, 0.4) is 0 Å². The monoisotopic (exact) mass is 264 g/mol. The molecule has 0 aliphatic heterocycles. The minimum absolute atomic E-state index is 0.532. The first kappa shape index (κ1) is 13.1. The Kier molecular flexibility index (Phi) is 4.81. The zero-order chi connectivity index (χ0) is 12.8. The third-order valence-electron chi connectivity index (χ3n) is 3.13. The van der Waals surface area contributed by atoms with Gasteiger partial charge in [0.25, 0.3) is 0 Å². The number of ether oxygens (including phenoxy) is 1. The van der Waals surface area contributed by atoms with E-state index in [0.717, 1.165) is 11.4 Å². The third kappa shape index (κ3) is 3.60. The lowest BCUT2D eigenvalue weighted by Gasteiger charge is -2.17. The number of anilines is 1. The molecule has 0 radical (unpaired) electrons. The second-order valence-corrected chi connectivity index (χ2v) is 4.92. The summed E-state index contributed by atoms with van der Waals surface area (Å²) in [4.78, 5) is 0. The van der Waals surface area contributed by atoms with Gasteiger partial charge in [-0.15, -0.1) is 0 Å². The van der Waals surface area contributed by atoms with Gasteiger partial charge in [-0.1, -0.05) is 25.0 Å². The molecule has 0 amide bonds. The van der Waals surface area contributed by atoms with Crippen molar-refractivity contribution in [2.75, 3.05) is 11.9 Å². The summed E-state index contributed by atoms with van der Waals surface area (Å²) >= 11 is 5.34. The minimum atomic E-state index is 0.532. The maximum atomic E-state index is 5.56. The molecule has 3 nitrogen and oxygen atoms in total. The Balaban J connectivity index is 1.93. The molecule has 1 saturated carbocycles. The lowest BCUT2D eigenvalue weighted by atomic mass is 10.2. The lowest BCUT2D eigenvalue weighted by molar-refractivity contribution is 0.342. The summed E-state index contributed by atoms with van der Waals surface area (Å²) in [6.07, 6.45) is 5.04. The molecule has 0 spiro atoms. The van der Waals surface area contributed by atoms with Crippen LogP contribution in [0.4, 0.5) is 5.69 Å². The third-order valence-corrected chi connectivity index (χ3v) is 3.35. The van der Waals surface area contributed by atoms with Crippen LogP contribution in [-0.2, 0) is 0 Å². The molecule has 4 heteroatoms. The molecule has 0 aromatic heterocycles. The first-order valence-corrected chi connectivity index (χ1v) is 6.99. The van der Waals surface area contributed by atoms with Gasteiger partial charge in [0.2, 0.25) is 0 Å².